The van der Waals surface area contributed by atoms with Gasteiger partial charge in [-0.25, -0.2) is 4.98 Å². The Hall–Kier alpha value is -3.60. The first-order chi connectivity index (χ1) is 13.9. The molecule has 0 fully saturated rings. The van der Waals surface area contributed by atoms with Gasteiger partial charge >= 0.3 is 0 Å². The van der Waals surface area contributed by atoms with Crippen LogP contribution in [0, 0.1) is 0 Å². The molecule has 0 aliphatic rings. The van der Waals surface area contributed by atoms with Gasteiger partial charge < -0.3 is 15.1 Å². The molecule has 0 unspecified atom stereocenters. The van der Waals surface area contributed by atoms with Gasteiger partial charge in [0.2, 0.25) is 5.95 Å². The van der Waals surface area contributed by atoms with Gasteiger partial charge in [0, 0.05) is 18.2 Å². The summed E-state index contributed by atoms with van der Waals surface area (Å²) in [6, 6.07) is 26.3. The predicted octanol–water partition coefficient (Wildman–Crippen LogP) is 5.00. The molecule has 5 heteroatoms. The van der Waals surface area contributed by atoms with Gasteiger partial charge in [-0.15, -0.1) is 0 Å². The van der Waals surface area contributed by atoms with E-state index in [9.17, 15) is 0 Å². The minimum absolute atomic E-state index is 0.536. The lowest BCUT2D eigenvalue weighted by molar-refractivity contribution is 0.517. The Balaban J connectivity index is 1.51. The van der Waals surface area contributed by atoms with E-state index in [1.54, 1.807) is 6.26 Å². The fraction of sp³-hybridized carbons (Fsp3) is 0.130. The van der Waals surface area contributed by atoms with Crippen LogP contribution in [0.15, 0.2) is 89.5 Å². The van der Waals surface area contributed by atoms with E-state index < -0.39 is 0 Å². The van der Waals surface area contributed by atoms with Crippen molar-refractivity contribution in [3.05, 3.63) is 96.4 Å². The Bertz CT molecular complexity index is 986. The van der Waals surface area contributed by atoms with E-state index in [0.717, 1.165) is 35.8 Å². The average molecular weight is 370 g/mol. The summed E-state index contributed by atoms with van der Waals surface area (Å²) in [5, 5.41) is 6.67. The van der Waals surface area contributed by atoms with Crippen LogP contribution in [0.5, 0.6) is 0 Å². The van der Waals surface area contributed by atoms with E-state index in [4.69, 9.17) is 4.42 Å². The highest BCUT2D eigenvalue weighted by Crippen LogP contribution is 2.21. The summed E-state index contributed by atoms with van der Waals surface area (Å²) < 4.78 is 5.38. The quantitative estimate of drug-likeness (QED) is 0.457. The summed E-state index contributed by atoms with van der Waals surface area (Å²) in [7, 11) is 0. The van der Waals surface area contributed by atoms with E-state index in [1.807, 2.05) is 54.6 Å². The van der Waals surface area contributed by atoms with E-state index in [0.29, 0.717) is 12.5 Å². The Kier molecular flexibility index (Phi) is 5.63. The van der Waals surface area contributed by atoms with Crippen LogP contribution in [0.25, 0.3) is 11.3 Å². The van der Waals surface area contributed by atoms with Crippen LogP contribution in [-0.4, -0.2) is 16.5 Å². The fourth-order valence-corrected chi connectivity index (χ4v) is 2.93. The lowest BCUT2D eigenvalue weighted by Gasteiger charge is -2.11. The molecule has 0 spiro atoms. The van der Waals surface area contributed by atoms with E-state index in [2.05, 4.69) is 44.9 Å². The highest BCUT2D eigenvalue weighted by Gasteiger charge is 2.07. The molecule has 0 saturated carbocycles. The third-order valence-corrected chi connectivity index (χ3v) is 4.36. The van der Waals surface area contributed by atoms with Gasteiger partial charge in [-0.3, -0.25) is 0 Å². The second-order valence-electron chi connectivity index (χ2n) is 6.42. The van der Waals surface area contributed by atoms with E-state index in [-0.39, 0.29) is 0 Å². The Labute approximate surface area is 164 Å². The minimum atomic E-state index is 0.536. The third-order valence-electron chi connectivity index (χ3n) is 4.36. The second-order valence-corrected chi connectivity index (χ2v) is 6.42. The van der Waals surface area contributed by atoms with Crippen molar-refractivity contribution < 1.29 is 4.42 Å². The van der Waals surface area contributed by atoms with Gasteiger partial charge in [-0.1, -0.05) is 60.7 Å². The Morgan fingerprint density at radius 3 is 2.32 bits per heavy atom. The normalized spacial score (nSPS) is 10.6. The molecule has 140 valence electrons. The molecular formula is C23H22N4O. The molecule has 0 atom stereocenters. The summed E-state index contributed by atoms with van der Waals surface area (Å²) in [5.41, 5.74) is 3.22. The largest absolute Gasteiger partial charge is 0.467 e. The maximum Gasteiger partial charge on any atom is 0.225 e. The highest BCUT2D eigenvalue weighted by molar-refractivity contribution is 5.64. The zero-order valence-corrected chi connectivity index (χ0v) is 15.5. The zero-order chi connectivity index (χ0) is 19.0. The van der Waals surface area contributed by atoms with E-state index in [1.165, 1.54) is 5.56 Å². The molecule has 0 bridgehead atoms. The summed E-state index contributed by atoms with van der Waals surface area (Å²) in [4.78, 5) is 9.28. The van der Waals surface area contributed by atoms with Gasteiger partial charge in [0.15, 0.2) is 0 Å². The van der Waals surface area contributed by atoms with Crippen LogP contribution in [0.2, 0.25) is 0 Å². The number of furan rings is 1. The van der Waals surface area contributed by atoms with Gasteiger partial charge in [0.25, 0.3) is 0 Å². The van der Waals surface area contributed by atoms with Crippen LogP contribution in [0.4, 0.5) is 11.8 Å². The van der Waals surface area contributed by atoms with Crippen molar-refractivity contribution >= 4 is 11.8 Å². The number of anilines is 2. The summed E-state index contributed by atoms with van der Waals surface area (Å²) in [6.45, 7) is 1.33. The minimum Gasteiger partial charge on any atom is -0.467 e. The zero-order valence-electron chi connectivity index (χ0n) is 15.5. The van der Waals surface area contributed by atoms with Crippen LogP contribution in [0.3, 0.4) is 0 Å². The van der Waals surface area contributed by atoms with Crippen LogP contribution in [-0.2, 0) is 13.0 Å². The Morgan fingerprint density at radius 2 is 1.57 bits per heavy atom. The molecule has 5 nitrogen and oxygen atoms in total. The van der Waals surface area contributed by atoms with Gasteiger partial charge in [0.1, 0.15) is 11.6 Å². The molecule has 4 aromatic rings. The van der Waals surface area contributed by atoms with Crippen LogP contribution >= 0.6 is 0 Å². The van der Waals surface area contributed by atoms with Crippen molar-refractivity contribution in [1.29, 1.82) is 0 Å². The maximum atomic E-state index is 5.38. The first-order valence-corrected chi connectivity index (χ1v) is 9.35. The molecule has 0 radical (unpaired) electrons. The van der Waals surface area contributed by atoms with Gasteiger partial charge in [-0.2, -0.15) is 4.98 Å². The smallest absolute Gasteiger partial charge is 0.225 e. The molecule has 2 N–H and O–H groups in total. The molecule has 0 aliphatic carbocycles. The van der Waals surface area contributed by atoms with Crippen molar-refractivity contribution in [2.45, 2.75) is 13.0 Å². The number of hydrogen-bond donors (Lipinski definition) is 2. The molecule has 0 amide bonds. The SMILES string of the molecule is c1ccc(CCNc2cc(-c3ccccc3)nc(NCc3ccco3)n2)cc1. The lowest BCUT2D eigenvalue weighted by Crippen LogP contribution is -2.10. The molecule has 2 aromatic carbocycles. The number of hydrogen-bond acceptors (Lipinski definition) is 5. The summed E-state index contributed by atoms with van der Waals surface area (Å²) in [5.74, 6) is 2.21. The highest BCUT2D eigenvalue weighted by atomic mass is 16.3. The van der Waals surface area contributed by atoms with Crippen molar-refractivity contribution in [1.82, 2.24) is 9.97 Å². The van der Waals surface area contributed by atoms with Crippen molar-refractivity contribution in [2.75, 3.05) is 17.2 Å². The molecule has 2 heterocycles. The summed E-state index contributed by atoms with van der Waals surface area (Å²) in [6.07, 6.45) is 2.59. The first kappa shape index (κ1) is 17.8. The third kappa shape index (κ3) is 4.76. The molecular weight excluding hydrogens is 348 g/mol. The summed E-state index contributed by atoms with van der Waals surface area (Å²) >= 11 is 0. The van der Waals surface area contributed by atoms with Gasteiger partial charge in [0.05, 0.1) is 18.5 Å². The van der Waals surface area contributed by atoms with E-state index >= 15 is 0 Å². The topological polar surface area (TPSA) is 63.0 Å². The molecule has 0 saturated heterocycles. The predicted molar refractivity (Wildman–Crippen MR) is 112 cm³/mol. The number of nitrogens with one attached hydrogen (secondary N) is 2. The second kappa shape index (κ2) is 8.86. The number of rotatable bonds is 8. The number of aromatic nitrogens is 2. The molecule has 0 aliphatic heterocycles. The van der Waals surface area contributed by atoms with Crippen molar-refractivity contribution in [3.8, 4) is 11.3 Å². The first-order valence-electron chi connectivity index (χ1n) is 9.35. The van der Waals surface area contributed by atoms with Crippen LogP contribution in [0.1, 0.15) is 11.3 Å². The van der Waals surface area contributed by atoms with Crippen molar-refractivity contribution in [2.24, 2.45) is 0 Å². The molecule has 2 aromatic heterocycles. The number of nitrogens with zero attached hydrogens (tertiary/aromatic N) is 2. The average Bonchev–Trinajstić information content (AvgIpc) is 3.27. The molecule has 4 rings (SSSR count). The molecule has 28 heavy (non-hydrogen) atoms. The fourth-order valence-electron chi connectivity index (χ4n) is 2.93. The standard InChI is InChI=1S/C23H22N4O/c1-3-8-18(9-4-1)13-14-24-22-16-21(19-10-5-2-6-11-19)26-23(27-22)25-17-20-12-7-15-28-20/h1-12,15-16H,13-14,17H2,(H2,24,25,26,27). The van der Waals surface area contributed by atoms with Crippen LogP contribution < -0.4 is 10.6 Å². The monoisotopic (exact) mass is 370 g/mol. The number of benzene rings is 2. The Morgan fingerprint density at radius 1 is 0.786 bits per heavy atom. The van der Waals surface area contributed by atoms with Crippen molar-refractivity contribution in [3.63, 3.8) is 0 Å². The van der Waals surface area contributed by atoms with Gasteiger partial charge in [-0.05, 0) is 24.1 Å². The lowest BCUT2D eigenvalue weighted by atomic mass is 10.1. The maximum absolute atomic E-state index is 5.38.